The molecular weight excluding hydrogens is 313 g/mol. The first-order valence-electron chi connectivity index (χ1n) is 5.56. The van der Waals surface area contributed by atoms with Crippen LogP contribution in [0.25, 0.3) is 0 Å². The Labute approximate surface area is 118 Å². The number of anilines is 1. The lowest BCUT2D eigenvalue weighted by Crippen LogP contribution is -2.20. The molecular formula is C14H11BrFNO2. The van der Waals surface area contributed by atoms with Crippen LogP contribution in [0.4, 0.5) is 10.1 Å². The smallest absolute Gasteiger partial charge is 0.257 e. The van der Waals surface area contributed by atoms with Crippen LogP contribution in [0, 0.1) is 5.82 Å². The number of benzene rings is 2. The molecule has 1 amide bonds. The van der Waals surface area contributed by atoms with E-state index in [0.29, 0.717) is 11.3 Å². The second-order valence-electron chi connectivity index (χ2n) is 3.95. The van der Waals surface area contributed by atoms with Crippen molar-refractivity contribution in [2.24, 2.45) is 0 Å². The first-order chi connectivity index (χ1) is 9.06. The Kier molecular flexibility index (Phi) is 4.29. The first-order valence-corrected chi connectivity index (χ1v) is 6.35. The minimum atomic E-state index is -1.30. The van der Waals surface area contributed by atoms with E-state index in [1.807, 2.05) is 0 Å². The highest BCUT2D eigenvalue weighted by molar-refractivity contribution is 9.10. The van der Waals surface area contributed by atoms with Gasteiger partial charge < -0.3 is 10.4 Å². The summed E-state index contributed by atoms with van der Waals surface area (Å²) in [5, 5.41) is 12.3. The van der Waals surface area contributed by atoms with Crippen LogP contribution in [-0.2, 0) is 4.79 Å². The lowest BCUT2D eigenvalue weighted by atomic mass is 10.1. The van der Waals surface area contributed by atoms with E-state index in [4.69, 9.17) is 0 Å². The summed E-state index contributed by atoms with van der Waals surface area (Å²) in [6.45, 7) is 0. The van der Waals surface area contributed by atoms with E-state index in [9.17, 15) is 14.3 Å². The minimum absolute atomic E-state index is 0.307. The Morgan fingerprint density at radius 2 is 1.89 bits per heavy atom. The molecule has 2 aromatic carbocycles. The van der Waals surface area contributed by atoms with Crippen molar-refractivity contribution < 1.29 is 14.3 Å². The van der Waals surface area contributed by atoms with Gasteiger partial charge in [0.2, 0.25) is 0 Å². The van der Waals surface area contributed by atoms with Gasteiger partial charge in [-0.25, -0.2) is 4.39 Å². The Morgan fingerprint density at radius 3 is 2.53 bits per heavy atom. The summed E-state index contributed by atoms with van der Waals surface area (Å²) in [5.41, 5.74) is 0.776. The number of amides is 1. The monoisotopic (exact) mass is 323 g/mol. The van der Waals surface area contributed by atoms with Gasteiger partial charge >= 0.3 is 0 Å². The van der Waals surface area contributed by atoms with Gasteiger partial charge in [-0.1, -0.05) is 34.1 Å². The molecule has 0 heterocycles. The van der Waals surface area contributed by atoms with Gasteiger partial charge in [-0.2, -0.15) is 0 Å². The Balaban J connectivity index is 2.09. The summed E-state index contributed by atoms with van der Waals surface area (Å²) < 4.78 is 13.8. The molecule has 2 aromatic rings. The molecule has 98 valence electrons. The zero-order chi connectivity index (χ0) is 13.8. The fourth-order valence-electron chi connectivity index (χ4n) is 1.57. The van der Waals surface area contributed by atoms with Crippen molar-refractivity contribution in [3.05, 3.63) is 64.4 Å². The van der Waals surface area contributed by atoms with Crippen molar-refractivity contribution in [2.75, 3.05) is 5.32 Å². The van der Waals surface area contributed by atoms with E-state index in [1.165, 1.54) is 18.2 Å². The van der Waals surface area contributed by atoms with Crippen LogP contribution in [0.15, 0.2) is 53.0 Å². The number of rotatable bonds is 3. The van der Waals surface area contributed by atoms with Crippen LogP contribution < -0.4 is 5.32 Å². The Morgan fingerprint density at radius 1 is 1.21 bits per heavy atom. The quantitative estimate of drug-likeness (QED) is 0.910. The average molecular weight is 324 g/mol. The van der Waals surface area contributed by atoms with Crippen molar-refractivity contribution in [3.63, 3.8) is 0 Å². The molecule has 2 N–H and O–H groups in total. The van der Waals surface area contributed by atoms with Crippen LogP contribution in [0.5, 0.6) is 0 Å². The molecule has 0 spiro atoms. The molecule has 0 aromatic heterocycles. The Bertz CT molecular complexity index is 586. The number of halogens is 2. The standard InChI is InChI=1S/C14H11BrFNO2/c15-10-6-4-9(5-7-10)13(18)14(19)17-12-3-1-2-11(16)8-12/h1-8,13,18H,(H,17,19). The molecule has 19 heavy (non-hydrogen) atoms. The molecule has 1 unspecified atom stereocenters. The minimum Gasteiger partial charge on any atom is -0.378 e. The van der Waals surface area contributed by atoms with E-state index in [-0.39, 0.29) is 0 Å². The third-order valence-electron chi connectivity index (χ3n) is 2.53. The SMILES string of the molecule is O=C(Nc1cccc(F)c1)C(O)c1ccc(Br)cc1. The second-order valence-corrected chi connectivity index (χ2v) is 4.87. The predicted octanol–water partition coefficient (Wildman–Crippen LogP) is 3.26. The second kappa shape index (κ2) is 5.95. The van der Waals surface area contributed by atoms with Crippen molar-refractivity contribution in [1.29, 1.82) is 0 Å². The summed E-state index contributed by atoms with van der Waals surface area (Å²) >= 11 is 3.27. The van der Waals surface area contributed by atoms with Gasteiger partial charge in [-0.15, -0.1) is 0 Å². The number of carbonyl (C=O) groups is 1. The highest BCUT2D eigenvalue weighted by Gasteiger charge is 2.17. The lowest BCUT2D eigenvalue weighted by molar-refractivity contribution is -0.124. The fourth-order valence-corrected chi connectivity index (χ4v) is 1.84. The van der Waals surface area contributed by atoms with Crippen molar-refractivity contribution in [3.8, 4) is 0 Å². The van der Waals surface area contributed by atoms with Crippen molar-refractivity contribution in [1.82, 2.24) is 0 Å². The molecule has 0 aliphatic heterocycles. The summed E-state index contributed by atoms with van der Waals surface area (Å²) in [6, 6.07) is 12.2. The maximum Gasteiger partial charge on any atom is 0.257 e. The first kappa shape index (κ1) is 13.7. The Hall–Kier alpha value is -1.72. The van der Waals surface area contributed by atoms with E-state index in [1.54, 1.807) is 30.3 Å². The topological polar surface area (TPSA) is 49.3 Å². The van der Waals surface area contributed by atoms with Crippen LogP contribution in [0.1, 0.15) is 11.7 Å². The lowest BCUT2D eigenvalue weighted by Gasteiger charge is -2.11. The third-order valence-corrected chi connectivity index (χ3v) is 3.05. The van der Waals surface area contributed by atoms with Gasteiger partial charge in [0.25, 0.3) is 5.91 Å². The molecule has 0 saturated heterocycles. The molecule has 2 rings (SSSR count). The van der Waals surface area contributed by atoms with Crippen LogP contribution in [-0.4, -0.2) is 11.0 Å². The zero-order valence-electron chi connectivity index (χ0n) is 9.81. The number of carbonyl (C=O) groups excluding carboxylic acids is 1. The molecule has 0 bridgehead atoms. The molecule has 1 atom stereocenters. The van der Waals surface area contributed by atoms with E-state index in [2.05, 4.69) is 21.2 Å². The summed E-state index contributed by atoms with van der Waals surface area (Å²) in [7, 11) is 0. The summed E-state index contributed by atoms with van der Waals surface area (Å²) in [5.74, 6) is -1.05. The van der Waals surface area contributed by atoms with Gasteiger partial charge in [0.05, 0.1) is 0 Å². The van der Waals surface area contributed by atoms with Gasteiger partial charge in [0, 0.05) is 10.2 Å². The largest absolute Gasteiger partial charge is 0.378 e. The predicted molar refractivity (Wildman–Crippen MR) is 74.1 cm³/mol. The number of nitrogens with one attached hydrogen (secondary N) is 1. The molecule has 0 radical (unpaired) electrons. The van der Waals surface area contributed by atoms with Gasteiger partial charge in [0.15, 0.2) is 6.10 Å². The molecule has 5 heteroatoms. The number of aliphatic hydroxyl groups is 1. The van der Waals surface area contributed by atoms with Gasteiger partial charge in [-0.3, -0.25) is 4.79 Å². The van der Waals surface area contributed by atoms with Crippen LogP contribution >= 0.6 is 15.9 Å². The fraction of sp³-hybridized carbons (Fsp3) is 0.0714. The molecule has 0 saturated carbocycles. The number of hydrogen-bond acceptors (Lipinski definition) is 2. The normalized spacial score (nSPS) is 11.9. The van der Waals surface area contributed by atoms with E-state index in [0.717, 1.165) is 4.47 Å². The average Bonchev–Trinajstić information content (AvgIpc) is 2.39. The summed E-state index contributed by atoms with van der Waals surface area (Å²) in [4.78, 5) is 11.8. The highest BCUT2D eigenvalue weighted by atomic mass is 79.9. The van der Waals surface area contributed by atoms with Crippen LogP contribution in [0.3, 0.4) is 0 Å². The maximum atomic E-state index is 13.0. The molecule has 0 aliphatic rings. The van der Waals surface area contributed by atoms with Crippen molar-refractivity contribution in [2.45, 2.75) is 6.10 Å². The van der Waals surface area contributed by atoms with Gasteiger partial charge in [-0.05, 0) is 35.9 Å². The molecule has 3 nitrogen and oxygen atoms in total. The molecule has 0 aliphatic carbocycles. The van der Waals surface area contributed by atoms with E-state index >= 15 is 0 Å². The maximum absolute atomic E-state index is 13.0. The zero-order valence-corrected chi connectivity index (χ0v) is 11.4. The number of aliphatic hydroxyl groups excluding tert-OH is 1. The van der Waals surface area contributed by atoms with Crippen molar-refractivity contribution >= 4 is 27.5 Å². The van der Waals surface area contributed by atoms with Crippen LogP contribution in [0.2, 0.25) is 0 Å². The van der Waals surface area contributed by atoms with Gasteiger partial charge in [0.1, 0.15) is 5.82 Å². The summed E-state index contributed by atoms with van der Waals surface area (Å²) in [6.07, 6.45) is -1.30. The number of hydrogen-bond donors (Lipinski definition) is 2. The third kappa shape index (κ3) is 3.62. The van der Waals surface area contributed by atoms with E-state index < -0.39 is 17.8 Å². The molecule has 0 fully saturated rings. The highest BCUT2D eigenvalue weighted by Crippen LogP contribution is 2.19.